The summed E-state index contributed by atoms with van der Waals surface area (Å²) in [6.45, 7) is 3.61. The highest BCUT2D eigenvalue weighted by Gasteiger charge is 2.38. The lowest BCUT2D eigenvalue weighted by molar-refractivity contribution is -0.142. The van der Waals surface area contributed by atoms with Crippen LogP contribution in [0.5, 0.6) is 0 Å². The van der Waals surface area contributed by atoms with Crippen molar-refractivity contribution >= 4 is 24.0 Å². The van der Waals surface area contributed by atoms with Crippen molar-refractivity contribution in [2.24, 2.45) is 11.7 Å². The molecule has 2 rings (SSSR count). The molecule has 4 atom stereocenters. The quantitative estimate of drug-likeness (QED) is 0.346. The number of hydrogen-bond donors (Lipinski definition) is 4. The molecule has 1 fully saturated rings. The predicted molar refractivity (Wildman–Crippen MR) is 119 cm³/mol. The third-order valence-corrected chi connectivity index (χ3v) is 5.49. The summed E-state index contributed by atoms with van der Waals surface area (Å²) in [7, 11) is 0. The molecule has 0 bridgehead atoms. The number of carbonyl (C=O) groups is 4. The molecule has 1 heterocycles. The van der Waals surface area contributed by atoms with Crippen molar-refractivity contribution in [1.29, 1.82) is 0 Å². The van der Waals surface area contributed by atoms with Gasteiger partial charge in [-0.15, -0.1) is 0 Å². The first-order valence-electron chi connectivity index (χ1n) is 11.0. The van der Waals surface area contributed by atoms with Crippen LogP contribution in [0.3, 0.4) is 0 Å². The standard InChI is InChI=1S/C23H34N4O5/c1-15(2)11-17(13-28)25-22(31)20-9-6-10-27(20)23(32)19(14-29)26-21(30)18(24)12-16-7-4-3-5-8-16/h3-5,7-8,13,15,17-20,29H,6,9-12,14,24H2,1-2H3,(H,25,31)(H,26,30)/t17-,18-,19-,20-/m0/s1. The molecular weight excluding hydrogens is 412 g/mol. The van der Waals surface area contributed by atoms with Crippen molar-refractivity contribution in [3.63, 3.8) is 0 Å². The Balaban J connectivity index is 1.99. The van der Waals surface area contributed by atoms with E-state index < -0.39 is 48.5 Å². The third-order valence-electron chi connectivity index (χ3n) is 5.49. The topological polar surface area (TPSA) is 142 Å². The summed E-state index contributed by atoms with van der Waals surface area (Å²) in [5, 5.41) is 14.9. The van der Waals surface area contributed by atoms with Crippen LogP contribution in [0.25, 0.3) is 0 Å². The van der Waals surface area contributed by atoms with Crippen molar-refractivity contribution in [2.45, 2.75) is 63.7 Å². The van der Waals surface area contributed by atoms with Crippen molar-refractivity contribution in [3.8, 4) is 0 Å². The summed E-state index contributed by atoms with van der Waals surface area (Å²) in [6.07, 6.45) is 2.55. The number of aliphatic hydroxyl groups is 1. The molecule has 1 aliphatic rings. The summed E-state index contributed by atoms with van der Waals surface area (Å²) in [5.41, 5.74) is 6.85. The van der Waals surface area contributed by atoms with Crippen molar-refractivity contribution < 1.29 is 24.3 Å². The fourth-order valence-electron chi connectivity index (χ4n) is 3.86. The van der Waals surface area contributed by atoms with Gasteiger partial charge in [-0.1, -0.05) is 44.2 Å². The number of nitrogens with one attached hydrogen (secondary N) is 2. The molecule has 9 heteroatoms. The molecule has 176 valence electrons. The molecule has 0 unspecified atom stereocenters. The molecule has 3 amide bonds. The van der Waals surface area contributed by atoms with Crippen molar-refractivity contribution in [1.82, 2.24) is 15.5 Å². The highest BCUT2D eigenvalue weighted by molar-refractivity contribution is 5.94. The zero-order valence-electron chi connectivity index (χ0n) is 18.7. The van der Waals surface area contributed by atoms with Crippen LogP contribution in [0.2, 0.25) is 0 Å². The van der Waals surface area contributed by atoms with Gasteiger partial charge in [0.2, 0.25) is 17.7 Å². The highest BCUT2D eigenvalue weighted by atomic mass is 16.3. The minimum absolute atomic E-state index is 0.223. The van der Waals surface area contributed by atoms with Crippen LogP contribution in [0, 0.1) is 5.92 Å². The minimum Gasteiger partial charge on any atom is -0.394 e. The molecule has 1 aliphatic heterocycles. The van der Waals surface area contributed by atoms with Crippen molar-refractivity contribution in [3.05, 3.63) is 35.9 Å². The van der Waals surface area contributed by atoms with E-state index in [0.29, 0.717) is 32.1 Å². The molecule has 0 radical (unpaired) electrons. The molecule has 5 N–H and O–H groups in total. The number of aliphatic hydroxyl groups excluding tert-OH is 1. The smallest absolute Gasteiger partial charge is 0.248 e. The molecule has 0 aromatic heterocycles. The minimum atomic E-state index is -1.20. The second-order valence-electron chi connectivity index (χ2n) is 8.61. The number of aldehydes is 1. The maximum atomic E-state index is 13.0. The van der Waals surface area contributed by atoms with Gasteiger partial charge in [0.25, 0.3) is 0 Å². The van der Waals surface area contributed by atoms with E-state index in [4.69, 9.17) is 5.73 Å². The second-order valence-corrected chi connectivity index (χ2v) is 8.61. The highest BCUT2D eigenvalue weighted by Crippen LogP contribution is 2.19. The first-order valence-corrected chi connectivity index (χ1v) is 11.0. The molecule has 32 heavy (non-hydrogen) atoms. The van der Waals surface area contributed by atoms with E-state index in [1.807, 2.05) is 44.2 Å². The van der Waals surface area contributed by atoms with E-state index in [1.54, 1.807) is 0 Å². The molecule has 9 nitrogen and oxygen atoms in total. The zero-order valence-corrected chi connectivity index (χ0v) is 18.7. The fourth-order valence-corrected chi connectivity index (χ4v) is 3.86. The predicted octanol–water partition coefficient (Wildman–Crippen LogP) is -0.246. The summed E-state index contributed by atoms with van der Waals surface area (Å²) >= 11 is 0. The number of nitrogens with zero attached hydrogens (tertiary/aromatic N) is 1. The Morgan fingerprint density at radius 1 is 1.22 bits per heavy atom. The van der Waals surface area contributed by atoms with Gasteiger partial charge in [-0.25, -0.2) is 0 Å². The molecule has 1 aromatic rings. The SMILES string of the molecule is CC(C)C[C@@H](C=O)NC(=O)[C@@H]1CCCN1C(=O)[C@H](CO)NC(=O)[C@@H](N)Cc1ccccc1. The lowest BCUT2D eigenvalue weighted by atomic mass is 10.0. The lowest BCUT2D eigenvalue weighted by Crippen LogP contribution is -2.57. The van der Waals surface area contributed by atoms with Crippen LogP contribution in [0.15, 0.2) is 30.3 Å². The fraction of sp³-hybridized carbons (Fsp3) is 0.565. The number of benzene rings is 1. The molecule has 0 aliphatic carbocycles. The van der Waals surface area contributed by atoms with E-state index in [1.165, 1.54) is 4.90 Å². The van der Waals surface area contributed by atoms with Crippen LogP contribution in [0.4, 0.5) is 0 Å². The summed E-state index contributed by atoms with van der Waals surface area (Å²) in [6, 6.07) is 5.78. The molecule has 0 spiro atoms. The monoisotopic (exact) mass is 446 g/mol. The lowest BCUT2D eigenvalue weighted by Gasteiger charge is -2.29. The van der Waals surface area contributed by atoms with E-state index >= 15 is 0 Å². The molecular formula is C23H34N4O5. The normalized spacial score (nSPS) is 18.7. The Kier molecular flexibility index (Phi) is 9.80. The number of likely N-dealkylation sites (tertiary alicyclic amines) is 1. The number of amides is 3. The maximum Gasteiger partial charge on any atom is 0.248 e. The first kappa shape index (κ1) is 25.5. The maximum absolute atomic E-state index is 13.0. The Morgan fingerprint density at radius 3 is 2.50 bits per heavy atom. The average molecular weight is 447 g/mol. The first-order chi connectivity index (χ1) is 15.3. The van der Waals surface area contributed by atoms with Crippen LogP contribution < -0.4 is 16.4 Å². The van der Waals surface area contributed by atoms with Crippen LogP contribution >= 0.6 is 0 Å². The van der Waals surface area contributed by atoms with Gasteiger partial charge in [0.1, 0.15) is 18.4 Å². The van der Waals surface area contributed by atoms with E-state index in [-0.39, 0.29) is 12.3 Å². The van der Waals surface area contributed by atoms with Crippen LogP contribution in [-0.2, 0) is 25.6 Å². The van der Waals surface area contributed by atoms with Gasteiger partial charge < -0.3 is 31.2 Å². The van der Waals surface area contributed by atoms with E-state index in [2.05, 4.69) is 10.6 Å². The van der Waals surface area contributed by atoms with Gasteiger partial charge in [0.05, 0.1) is 18.7 Å². The van der Waals surface area contributed by atoms with E-state index in [9.17, 15) is 24.3 Å². The Morgan fingerprint density at radius 2 is 1.91 bits per heavy atom. The summed E-state index contributed by atoms with van der Waals surface area (Å²) in [5.74, 6) is -1.28. The van der Waals surface area contributed by atoms with Crippen LogP contribution in [0.1, 0.15) is 38.7 Å². The molecule has 0 saturated carbocycles. The molecule has 1 aromatic carbocycles. The number of carbonyl (C=O) groups excluding carboxylic acids is 4. The Bertz CT molecular complexity index is 786. The molecule has 1 saturated heterocycles. The van der Waals surface area contributed by atoms with Gasteiger partial charge in [-0.2, -0.15) is 0 Å². The Hall–Kier alpha value is -2.78. The Labute approximate surface area is 188 Å². The number of nitrogens with two attached hydrogens (primary N) is 1. The van der Waals surface area contributed by atoms with Crippen molar-refractivity contribution in [2.75, 3.05) is 13.2 Å². The van der Waals surface area contributed by atoms with Gasteiger partial charge in [0, 0.05) is 6.54 Å². The van der Waals surface area contributed by atoms with Gasteiger partial charge in [0.15, 0.2) is 0 Å². The third kappa shape index (κ3) is 7.13. The van der Waals surface area contributed by atoms with E-state index in [0.717, 1.165) is 5.56 Å². The van der Waals surface area contributed by atoms with Gasteiger partial charge >= 0.3 is 0 Å². The largest absolute Gasteiger partial charge is 0.394 e. The van der Waals surface area contributed by atoms with Gasteiger partial charge in [-0.3, -0.25) is 14.4 Å². The summed E-state index contributed by atoms with van der Waals surface area (Å²) in [4.78, 5) is 50.9. The van der Waals surface area contributed by atoms with Gasteiger partial charge in [-0.05, 0) is 37.2 Å². The van der Waals surface area contributed by atoms with Crippen LogP contribution in [-0.4, -0.2) is 71.3 Å². The average Bonchev–Trinajstić information content (AvgIpc) is 3.26. The second kappa shape index (κ2) is 12.3. The number of hydrogen-bond acceptors (Lipinski definition) is 6. The number of rotatable bonds is 11. The summed E-state index contributed by atoms with van der Waals surface area (Å²) < 4.78 is 0. The zero-order chi connectivity index (χ0) is 23.7.